The maximum Gasteiger partial charge on any atom is 0.270 e. The Morgan fingerprint density at radius 2 is 1.70 bits per heavy atom. The van der Waals surface area contributed by atoms with Gasteiger partial charge in [0.2, 0.25) is 0 Å². The lowest BCUT2D eigenvalue weighted by Crippen LogP contribution is -2.23. The van der Waals surface area contributed by atoms with Crippen molar-refractivity contribution in [2.45, 2.75) is 6.54 Å². The molecule has 0 fully saturated rings. The summed E-state index contributed by atoms with van der Waals surface area (Å²) in [4.78, 5) is 21.0. The normalized spacial score (nSPS) is 10.5. The van der Waals surface area contributed by atoms with E-state index >= 15 is 0 Å². The number of carbonyl (C=O) groups is 1. The summed E-state index contributed by atoms with van der Waals surface area (Å²) < 4.78 is 0. The van der Waals surface area contributed by atoms with Crippen molar-refractivity contribution in [2.24, 2.45) is 0 Å². The first kappa shape index (κ1) is 16.7. The van der Waals surface area contributed by atoms with Gasteiger partial charge in [-0.25, -0.2) is 0 Å². The number of para-hydroxylation sites is 1. The molecule has 2 aromatic heterocycles. The molecule has 0 saturated heterocycles. The highest BCUT2D eigenvalue weighted by Gasteiger charge is 2.09. The molecule has 5 nitrogen and oxygen atoms in total. The minimum atomic E-state index is -0.210. The first-order chi connectivity index (χ1) is 13.3. The van der Waals surface area contributed by atoms with E-state index in [2.05, 4.69) is 20.6 Å². The number of pyridine rings is 2. The number of aromatic nitrogens is 2. The standard InChI is InChI=1S/C22H18N4O/c27-22(25-15-16-6-2-1-3-7-16)20-14-18(11-13-23-20)26-19-10-4-8-17-9-5-12-24-21(17)19/h1-14H,15H2,(H,23,26)(H,25,27). The molecule has 0 unspecified atom stereocenters. The summed E-state index contributed by atoms with van der Waals surface area (Å²) in [6.45, 7) is 0.465. The van der Waals surface area contributed by atoms with Gasteiger partial charge < -0.3 is 10.6 Å². The molecule has 2 aromatic carbocycles. The highest BCUT2D eigenvalue weighted by molar-refractivity contribution is 5.95. The predicted octanol–water partition coefficient (Wildman–Crippen LogP) is 4.30. The average Bonchev–Trinajstić information content (AvgIpc) is 2.73. The molecule has 0 aliphatic carbocycles. The Balaban J connectivity index is 1.51. The maximum atomic E-state index is 12.4. The Bertz CT molecular complexity index is 1070. The van der Waals surface area contributed by atoms with E-state index in [0.717, 1.165) is 27.8 Å². The van der Waals surface area contributed by atoms with Gasteiger partial charge in [0.15, 0.2) is 0 Å². The number of rotatable bonds is 5. The topological polar surface area (TPSA) is 66.9 Å². The first-order valence-electron chi connectivity index (χ1n) is 8.68. The number of hydrogen-bond donors (Lipinski definition) is 2. The molecule has 2 heterocycles. The number of nitrogens with zero attached hydrogens (tertiary/aromatic N) is 2. The van der Waals surface area contributed by atoms with E-state index in [-0.39, 0.29) is 5.91 Å². The van der Waals surface area contributed by atoms with Gasteiger partial charge in [0.25, 0.3) is 5.91 Å². The second-order valence-electron chi connectivity index (χ2n) is 6.10. The second-order valence-corrected chi connectivity index (χ2v) is 6.10. The predicted molar refractivity (Wildman–Crippen MR) is 107 cm³/mol. The molecule has 27 heavy (non-hydrogen) atoms. The van der Waals surface area contributed by atoms with E-state index in [1.165, 1.54) is 0 Å². The van der Waals surface area contributed by atoms with Gasteiger partial charge in [0, 0.05) is 30.0 Å². The van der Waals surface area contributed by atoms with Crippen molar-refractivity contribution < 1.29 is 4.79 Å². The number of benzene rings is 2. The molecular formula is C22H18N4O. The summed E-state index contributed by atoms with van der Waals surface area (Å²) in [7, 11) is 0. The average molecular weight is 354 g/mol. The maximum absolute atomic E-state index is 12.4. The summed E-state index contributed by atoms with van der Waals surface area (Å²) in [5.74, 6) is -0.210. The summed E-state index contributed by atoms with van der Waals surface area (Å²) in [6.07, 6.45) is 3.39. The number of fused-ring (bicyclic) bond motifs is 1. The third-order valence-electron chi connectivity index (χ3n) is 4.20. The quantitative estimate of drug-likeness (QED) is 0.561. The van der Waals surface area contributed by atoms with Crippen molar-refractivity contribution in [1.82, 2.24) is 15.3 Å². The van der Waals surface area contributed by atoms with Crippen LogP contribution in [0.15, 0.2) is 85.2 Å². The van der Waals surface area contributed by atoms with E-state index in [0.29, 0.717) is 12.2 Å². The van der Waals surface area contributed by atoms with Gasteiger partial charge in [-0.2, -0.15) is 0 Å². The molecule has 5 heteroatoms. The van der Waals surface area contributed by atoms with Crippen LogP contribution in [0.25, 0.3) is 10.9 Å². The van der Waals surface area contributed by atoms with Crippen molar-refractivity contribution in [1.29, 1.82) is 0 Å². The molecule has 0 aliphatic heterocycles. The van der Waals surface area contributed by atoms with Crippen LogP contribution in [0.2, 0.25) is 0 Å². The van der Waals surface area contributed by atoms with E-state index in [9.17, 15) is 4.79 Å². The van der Waals surface area contributed by atoms with Crippen LogP contribution in [0.5, 0.6) is 0 Å². The SMILES string of the molecule is O=C(NCc1ccccc1)c1cc(Nc2cccc3cccnc23)ccn1. The molecule has 0 radical (unpaired) electrons. The van der Waals surface area contributed by atoms with E-state index in [1.807, 2.05) is 66.7 Å². The van der Waals surface area contributed by atoms with Crippen LogP contribution in [-0.4, -0.2) is 15.9 Å². The van der Waals surface area contributed by atoms with Crippen LogP contribution in [0.3, 0.4) is 0 Å². The molecule has 1 amide bonds. The Kier molecular flexibility index (Phi) is 4.74. The van der Waals surface area contributed by atoms with Gasteiger partial charge in [-0.1, -0.05) is 48.5 Å². The Hall–Kier alpha value is -3.73. The van der Waals surface area contributed by atoms with E-state index in [4.69, 9.17) is 0 Å². The summed E-state index contributed by atoms with van der Waals surface area (Å²) in [5.41, 5.74) is 3.96. The van der Waals surface area contributed by atoms with Gasteiger partial charge in [-0.05, 0) is 29.8 Å². The third kappa shape index (κ3) is 3.93. The number of carbonyl (C=O) groups excluding carboxylic acids is 1. The van der Waals surface area contributed by atoms with Crippen LogP contribution in [0.1, 0.15) is 16.1 Å². The van der Waals surface area contributed by atoms with Gasteiger partial charge in [0.1, 0.15) is 5.69 Å². The summed E-state index contributed by atoms with van der Waals surface area (Å²) in [6, 6.07) is 23.2. The first-order valence-corrected chi connectivity index (χ1v) is 8.68. The number of anilines is 2. The Morgan fingerprint density at radius 1 is 0.852 bits per heavy atom. The highest BCUT2D eigenvalue weighted by atomic mass is 16.1. The molecule has 4 rings (SSSR count). The molecule has 0 atom stereocenters. The lowest BCUT2D eigenvalue weighted by molar-refractivity contribution is 0.0946. The smallest absolute Gasteiger partial charge is 0.270 e. The minimum absolute atomic E-state index is 0.210. The van der Waals surface area contributed by atoms with Crippen LogP contribution >= 0.6 is 0 Å². The van der Waals surface area contributed by atoms with Crippen molar-refractivity contribution in [3.8, 4) is 0 Å². The van der Waals surface area contributed by atoms with Gasteiger partial charge >= 0.3 is 0 Å². The zero-order valence-corrected chi connectivity index (χ0v) is 14.6. The molecular weight excluding hydrogens is 336 g/mol. The zero-order valence-electron chi connectivity index (χ0n) is 14.6. The zero-order chi connectivity index (χ0) is 18.5. The molecule has 4 aromatic rings. The lowest BCUT2D eigenvalue weighted by Gasteiger charge is -2.10. The fraction of sp³-hybridized carbons (Fsp3) is 0.0455. The summed E-state index contributed by atoms with van der Waals surface area (Å²) in [5, 5.41) is 7.28. The van der Waals surface area contributed by atoms with E-state index < -0.39 is 0 Å². The van der Waals surface area contributed by atoms with Crippen molar-refractivity contribution >= 4 is 28.2 Å². The molecule has 0 saturated carbocycles. The van der Waals surface area contributed by atoms with Crippen molar-refractivity contribution in [2.75, 3.05) is 5.32 Å². The van der Waals surface area contributed by atoms with Crippen LogP contribution in [0, 0.1) is 0 Å². The van der Waals surface area contributed by atoms with Crippen LogP contribution in [0.4, 0.5) is 11.4 Å². The van der Waals surface area contributed by atoms with Crippen molar-refractivity contribution in [3.63, 3.8) is 0 Å². The van der Waals surface area contributed by atoms with Crippen LogP contribution in [-0.2, 0) is 6.54 Å². The van der Waals surface area contributed by atoms with Crippen molar-refractivity contribution in [3.05, 3.63) is 96.4 Å². The molecule has 0 spiro atoms. The fourth-order valence-corrected chi connectivity index (χ4v) is 2.86. The monoisotopic (exact) mass is 354 g/mol. The molecule has 132 valence electrons. The van der Waals surface area contributed by atoms with Gasteiger partial charge in [0.05, 0.1) is 11.2 Å². The largest absolute Gasteiger partial charge is 0.354 e. The highest BCUT2D eigenvalue weighted by Crippen LogP contribution is 2.24. The summed E-state index contributed by atoms with van der Waals surface area (Å²) >= 11 is 0. The number of amides is 1. The second kappa shape index (κ2) is 7.66. The Morgan fingerprint density at radius 3 is 2.59 bits per heavy atom. The molecule has 0 aliphatic rings. The third-order valence-corrected chi connectivity index (χ3v) is 4.20. The Labute approximate surface area is 157 Å². The van der Waals surface area contributed by atoms with Gasteiger partial charge in [-0.3, -0.25) is 14.8 Å². The lowest BCUT2D eigenvalue weighted by atomic mass is 10.2. The fourth-order valence-electron chi connectivity index (χ4n) is 2.86. The number of hydrogen-bond acceptors (Lipinski definition) is 4. The van der Waals surface area contributed by atoms with Gasteiger partial charge in [-0.15, -0.1) is 0 Å². The minimum Gasteiger partial charge on any atom is -0.354 e. The van der Waals surface area contributed by atoms with E-state index in [1.54, 1.807) is 18.5 Å². The van der Waals surface area contributed by atoms with Crippen LogP contribution < -0.4 is 10.6 Å². The molecule has 2 N–H and O–H groups in total. The number of nitrogens with one attached hydrogen (secondary N) is 2. The molecule has 0 bridgehead atoms.